The van der Waals surface area contributed by atoms with Crippen LogP contribution in [0.15, 0.2) is 42.7 Å². The fourth-order valence-corrected chi connectivity index (χ4v) is 2.19. The molecule has 0 atom stereocenters. The number of hydrogen-bond acceptors (Lipinski definition) is 3. The molecule has 2 N–H and O–H groups in total. The lowest BCUT2D eigenvalue weighted by Gasteiger charge is -2.09. The van der Waals surface area contributed by atoms with E-state index in [-0.39, 0.29) is 0 Å². The molecule has 0 spiro atoms. The van der Waals surface area contributed by atoms with Crippen molar-refractivity contribution in [1.29, 1.82) is 0 Å². The third-order valence-corrected chi connectivity index (χ3v) is 3.27. The van der Waals surface area contributed by atoms with Gasteiger partial charge in [0, 0.05) is 18.9 Å². The Balaban J connectivity index is 1.68. The molecule has 1 aromatic heterocycles. The summed E-state index contributed by atoms with van der Waals surface area (Å²) in [6, 6.07) is 10.4. The molecular weight excluding hydrogens is 260 g/mol. The van der Waals surface area contributed by atoms with Crippen molar-refractivity contribution in [3.63, 3.8) is 0 Å². The van der Waals surface area contributed by atoms with Gasteiger partial charge in [0.25, 0.3) is 0 Å². The quantitative estimate of drug-likeness (QED) is 0.696. The van der Waals surface area contributed by atoms with Gasteiger partial charge in [-0.2, -0.15) is 5.10 Å². The van der Waals surface area contributed by atoms with Gasteiger partial charge in [-0.1, -0.05) is 26.0 Å². The van der Waals surface area contributed by atoms with Gasteiger partial charge < -0.3 is 10.6 Å². The fraction of sp³-hybridized carbons (Fsp3) is 0.471. The van der Waals surface area contributed by atoms with Crippen LogP contribution in [0.2, 0.25) is 0 Å². The first-order valence-corrected chi connectivity index (χ1v) is 7.76. The van der Waals surface area contributed by atoms with Crippen molar-refractivity contribution in [2.45, 2.75) is 26.8 Å². The van der Waals surface area contributed by atoms with Crippen molar-refractivity contribution in [3.05, 3.63) is 48.3 Å². The number of nitrogens with one attached hydrogen (secondary N) is 2. The molecule has 0 saturated heterocycles. The molecule has 0 aliphatic heterocycles. The van der Waals surface area contributed by atoms with Crippen LogP contribution in [-0.4, -0.2) is 29.4 Å². The van der Waals surface area contributed by atoms with E-state index in [2.05, 4.69) is 53.8 Å². The SMILES string of the molecule is CC(C)CNCCCNCc1cccc(-n2cccn2)c1. The topological polar surface area (TPSA) is 41.9 Å². The van der Waals surface area contributed by atoms with E-state index in [0.29, 0.717) is 0 Å². The molecule has 0 aliphatic carbocycles. The van der Waals surface area contributed by atoms with E-state index < -0.39 is 0 Å². The van der Waals surface area contributed by atoms with E-state index in [1.54, 1.807) is 6.20 Å². The summed E-state index contributed by atoms with van der Waals surface area (Å²) < 4.78 is 1.89. The molecule has 114 valence electrons. The summed E-state index contributed by atoms with van der Waals surface area (Å²) in [5, 5.41) is 11.2. The monoisotopic (exact) mass is 286 g/mol. The second-order valence-electron chi connectivity index (χ2n) is 5.75. The Morgan fingerprint density at radius 2 is 2.00 bits per heavy atom. The van der Waals surface area contributed by atoms with Gasteiger partial charge in [-0.05, 0) is 55.7 Å². The maximum Gasteiger partial charge on any atom is 0.0648 e. The number of aromatic nitrogens is 2. The summed E-state index contributed by atoms with van der Waals surface area (Å²) in [6.07, 6.45) is 4.92. The van der Waals surface area contributed by atoms with Crippen LogP contribution in [0.4, 0.5) is 0 Å². The van der Waals surface area contributed by atoms with Gasteiger partial charge in [-0.3, -0.25) is 0 Å². The maximum absolute atomic E-state index is 4.26. The average Bonchev–Trinajstić information content (AvgIpc) is 3.00. The van der Waals surface area contributed by atoms with Crippen molar-refractivity contribution in [3.8, 4) is 5.69 Å². The highest BCUT2D eigenvalue weighted by Crippen LogP contribution is 2.09. The van der Waals surface area contributed by atoms with Crippen LogP contribution in [-0.2, 0) is 6.54 Å². The summed E-state index contributed by atoms with van der Waals surface area (Å²) in [6.45, 7) is 8.59. The molecular formula is C17H26N4. The molecule has 1 heterocycles. The molecule has 0 radical (unpaired) electrons. The Morgan fingerprint density at radius 1 is 1.14 bits per heavy atom. The summed E-state index contributed by atoms with van der Waals surface area (Å²) >= 11 is 0. The summed E-state index contributed by atoms with van der Waals surface area (Å²) in [5.74, 6) is 0.725. The van der Waals surface area contributed by atoms with Crippen molar-refractivity contribution in [2.24, 2.45) is 5.92 Å². The Kier molecular flexibility index (Phi) is 6.44. The smallest absolute Gasteiger partial charge is 0.0648 e. The summed E-state index contributed by atoms with van der Waals surface area (Å²) in [7, 11) is 0. The highest BCUT2D eigenvalue weighted by atomic mass is 15.3. The van der Waals surface area contributed by atoms with E-state index >= 15 is 0 Å². The molecule has 0 amide bonds. The van der Waals surface area contributed by atoms with Crippen LogP contribution in [0, 0.1) is 5.92 Å². The Hall–Kier alpha value is -1.65. The zero-order chi connectivity index (χ0) is 14.9. The molecule has 0 unspecified atom stereocenters. The normalized spacial score (nSPS) is 11.2. The minimum absolute atomic E-state index is 0.725. The summed E-state index contributed by atoms with van der Waals surface area (Å²) in [5.41, 5.74) is 2.40. The molecule has 2 rings (SSSR count). The highest BCUT2D eigenvalue weighted by Gasteiger charge is 1.98. The molecule has 0 saturated carbocycles. The Morgan fingerprint density at radius 3 is 2.76 bits per heavy atom. The van der Waals surface area contributed by atoms with Crippen LogP contribution in [0.25, 0.3) is 5.69 Å². The van der Waals surface area contributed by atoms with Crippen molar-refractivity contribution in [2.75, 3.05) is 19.6 Å². The van der Waals surface area contributed by atoms with Gasteiger partial charge in [0.2, 0.25) is 0 Å². The molecule has 4 nitrogen and oxygen atoms in total. The lowest BCUT2D eigenvalue weighted by Crippen LogP contribution is -2.24. The molecule has 0 fully saturated rings. The number of hydrogen-bond donors (Lipinski definition) is 2. The molecule has 0 bridgehead atoms. The fourth-order valence-electron chi connectivity index (χ4n) is 2.19. The van der Waals surface area contributed by atoms with Crippen LogP contribution in [0.5, 0.6) is 0 Å². The Bertz CT molecular complexity index is 505. The number of rotatable bonds is 9. The van der Waals surface area contributed by atoms with E-state index in [1.807, 2.05) is 16.9 Å². The molecule has 0 aliphatic rings. The van der Waals surface area contributed by atoms with Gasteiger partial charge in [-0.15, -0.1) is 0 Å². The lowest BCUT2D eigenvalue weighted by atomic mass is 10.2. The van der Waals surface area contributed by atoms with Gasteiger partial charge in [-0.25, -0.2) is 4.68 Å². The van der Waals surface area contributed by atoms with E-state index in [9.17, 15) is 0 Å². The van der Waals surface area contributed by atoms with E-state index in [0.717, 1.165) is 44.2 Å². The first-order valence-electron chi connectivity index (χ1n) is 7.76. The van der Waals surface area contributed by atoms with Gasteiger partial charge in [0.15, 0.2) is 0 Å². The standard InChI is InChI=1S/C17H26N4/c1-15(2)13-18-8-4-9-19-14-16-6-3-7-17(12-16)21-11-5-10-20-21/h3,5-7,10-12,15,18-19H,4,8-9,13-14H2,1-2H3. The zero-order valence-electron chi connectivity index (χ0n) is 13.0. The van der Waals surface area contributed by atoms with Crippen molar-refractivity contribution < 1.29 is 0 Å². The Labute approximate surface area is 127 Å². The zero-order valence-corrected chi connectivity index (χ0v) is 13.0. The number of nitrogens with zero attached hydrogens (tertiary/aromatic N) is 2. The summed E-state index contributed by atoms with van der Waals surface area (Å²) in [4.78, 5) is 0. The van der Waals surface area contributed by atoms with Gasteiger partial charge in [0.05, 0.1) is 5.69 Å². The predicted molar refractivity (Wildman–Crippen MR) is 87.6 cm³/mol. The molecule has 21 heavy (non-hydrogen) atoms. The largest absolute Gasteiger partial charge is 0.316 e. The lowest BCUT2D eigenvalue weighted by molar-refractivity contribution is 0.530. The molecule has 1 aromatic carbocycles. The van der Waals surface area contributed by atoms with E-state index in [4.69, 9.17) is 0 Å². The molecule has 4 heteroatoms. The number of benzene rings is 1. The first kappa shape index (κ1) is 15.7. The third-order valence-electron chi connectivity index (χ3n) is 3.27. The predicted octanol–water partition coefficient (Wildman–Crippen LogP) is 2.60. The van der Waals surface area contributed by atoms with Crippen molar-refractivity contribution >= 4 is 0 Å². The van der Waals surface area contributed by atoms with Crippen LogP contribution >= 0.6 is 0 Å². The first-order chi connectivity index (χ1) is 10.3. The average molecular weight is 286 g/mol. The minimum atomic E-state index is 0.725. The molecule has 2 aromatic rings. The van der Waals surface area contributed by atoms with Crippen LogP contribution < -0.4 is 10.6 Å². The van der Waals surface area contributed by atoms with Gasteiger partial charge in [0.1, 0.15) is 0 Å². The van der Waals surface area contributed by atoms with Crippen molar-refractivity contribution in [1.82, 2.24) is 20.4 Å². The van der Waals surface area contributed by atoms with Gasteiger partial charge >= 0.3 is 0 Å². The highest BCUT2D eigenvalue weighted by molar-refractivity contribution is 5.34. The van der Waals surface area contributed by atoms with Crippen LogP contribution in [0.1, 0.15) is 25.8 Å². The third kappa shape index (κ3) is 5.69. The van der Waals surface area contributed by atoms with E-state index in [1.165, 1.54) is 5.56 Å². The van der Waals surface area contributed by atoms with Crippen LogP contribution in [0.3, 0.4) is 0 Å². The minimum Gasteiger partial charge on any atom is -0.316 e. The second kappa shape index (κ2) is 8.60. The maximum atomic E-state index is 4.26. The second-order valence-corrected chi connectivity index (χ2v) is 5.75.